The lowest BCUT2D eigenvalue weighted by molar-refractivity contribution is -0.134. The second-order valence-corrected chi connectivity index (χ2v) is 13.1. The number of carbonyl (C=O) groups excluding carboxylic acids is 1. The van der Waals surface area contributed by atoms with E-state index >= 15 is 0 Å². The van der Waals surface area contributed by atoms with Crippen molar-refractivity contribution in [2.24, 2.45) is 5.92 Å². The highest BCUT2D eigenvalue weighted by Crippen LogP contribution is 2.41. The maximum absolute atomic E-state index is 12.9. The van der Waals surface area contributed by atoms with E-state index in [4.69, 9.17) is 0 Å². The van der Waals surface area contributed by atoms with Gasteiger partial charge < -0.3 is 5.32 Å². The minimum Gasteiger partial charge on any atom is -0.317 e. The summed E-state index contributed by atoms with van der Waals surface area (Å²) in [6.07, 6.45) is 27.8. The van der Waals surface area contributed by atoms with Gasteiger partial charge in [0.05, 0.1) is 0 Å². The smallest absolute Gasteiger partial charge is 0.137 e. The van der Waals surface area contributed by atoms with Crippen LogP contribution in [-0.4, -0.2) is 41.9 Å². The summed E-state index contributed by atoms with van der Waals surface area (Å²) >= 11 is 0. The van der Waals surface area contributed by atoms with E-state index in [9.17, 15) is 4.79 Å². The molecule has 3 nitrogen and oxygen atoms in total. The Labute approximate surface area is 227 Å². The molecular weight excluding hydrogens is 440 g/mol. The molecular formula is C33H66N2O. The Kier molecular flexibility index (Phi) is 18.3. The number of likely N-dealkylation sites (tertiary alicyclic amines) is 1. The second kappa shape index (κ2) is 19.6. The van der Waals surface area contributed by atoms with Crippen molar-refractivity contribution in [1.29, 1.82) is 0 Å². The van der Waals surface area contributed by atoms with Crippen LogP contribution in [0.2, 0.25) is 0 Å². The van der Waals surface area contributed by atoms with Crippen LogP contribution in [0.5, 0.6) is 0 Å². The summed E-state index contributed by atoms with van der Waals surface area (Å²) in [5, 5.41) is 3.28. The van der Waals surface area contributed by atoms with Crippen molar-refractivity contribution in [2.75, 3.05) is 20.1 Å². The molecule has 0 radical (unpaired) electrons. The monoisotopic (exact) mass is 507 g/mol. The molecule has 1 atom stereocenters. The molecule has 0 saturated carbocycles. The molecule has 0 aliphatic carbocycles. The van der Waals surface area contributed by atoms with Crippen molar-refractivity contribution < 1.29 is 4.79 Å². The zero-order chi connectivity index (χ0) is 26.7. The van der Waals surface area contributed by atoms with E-state index < -0.39 is 0 Å². The zero-order valence-electron chi connectivity index (χ0n) is 25.7. The van der Waals surface area contributed by atoms with E-state index in [1.807, 2.05) is 0 Å². The fourth-order valence-electron chi connectivity index (χ4n) is 6.23. The van der Waals surface area contributed by atoms with Crippen molar-refractivity contribution in [3.63, 3.8) is 0 Å². The van der Waals surface area contributed by atoms with Gasteiger partial charge in [0, 0.05) is 23.4 Å². The van der Waals surface area contributed by atoms with E-state index in [0.29, 0.717) is 5.78 Å². The third-order valence-electron chi connectivity index (χ3n) is 9.29. The summed E-state index contributed by atoms with van der Waals surface area (Å²) in [7, 11) is 2.20. The third-order valence-corrected chi connectivity index (χ3v) is 9.29. The van der Waals surface area contributed by atoms with Crippen LogP contribution in [0.1, 0.15) is 169 Å². The lowest BCUT2D eigenvalue weighted by Crippen LogP contribution is -2.62. The standard InChI is InChI=1S/C28H55NO.C5H11N/c1-7-8-9-10-11-12-13-14-15-16-17-18-19-20-21-22-26(30)25-23-24-27(2,3)29(6)28(25,4)5;1-2-4-6-5-3-1/h25H,7-24H2,1-6H3;6H,1-5H2. The molecule has 2 aliphatic rings. The van der Waals surface area contributed by atoms with Crippen molar-refractivity contribution in [3.8, 4) is 0 Å². The van der Waals surface area contributed by atoms with Crippen LogP contribution in [0.25, 0.3) is 0 Å². The highest BCUT2D eigenvalue weighted by atomic mass is 16.1. The summed E-state index contributed by atoms with van der Waals surface area (Å²) in [5.41, 5.74) is 0.184. The molecule has 2 aliphatic heterocycles. The Morgan fingerprint density at radius 3 is 1.56 bits per heavy atom. The highest BCUT2D eigenvalue weighted by molar-refractivity contribution is 5.82. The number of nitrogens with one attached hydrogen (secondary N) is 1. The molecule has 2 rings (SSSR count). The van der Waals surface area contributed by atoms with E-state index in [1.54, 1.807) is 0 Å². The van der Waals surface area contributed by atoms with E-state index in [1.165, 1.54) is 122 Å². The van der Waals surface area contributed by atoms with Crippen molar-refractivity contribution >= 4 is 5.78 Å². The van der Waals surface area contributed by atoms with Crippen LogP contribution >= 0.6 is 0 Å². The molecule has 36 heavy (non-hydrogen) atoms. The van der Waals surface area contributed by atoms with E-state index in [-0.39, 0.29) is 17.0 Å². The summed E-state index contributed by atoms with van der Waals surface area (Å²) in [5.74, 6) is 0.721. The quantitative estimate of drug-likeness (QED) is 0.199. The van der Waals surface area contributed by atoms with Gasteiger partial charge in [-0.25, -0.2) is 0 Å². The fourth-order valence-corrected chi connectivity index (χ4v) is 6.23. The fraction of sp³-hybridized carbons (Fsp3) is 0.970. The maximum atomic E-state index is 12.9. The summed E-state index contributed by atoms with van der Waals surface area (Å²) in [6.45, 7) is 13.9. The number of hydrogen-bond acceptors (Lipinski definition) is 3. The minimum absolute atomic E-state index is 0.0195. The summed E-state index contributed by atoms with van der Waals surface area (Å²) in [4.78, 5) is 15.3. The number of hydrogen-bond donors (Lipinski definition) is 1. The van der Waals surface area contributed by atoms with Crippen LogP contribution in [0.15, 0.2) is 0 Å². The lowest BCUT2D eigenvalue weighted by atomic mass is 9.70. The molecule has 2 saturated heterocycles. The molecule has 214 valence electrons. The SMILES string of the molecule is C1CCNCC1.CCCCCCCCCCCCCCCCCC(=O)C1CCC(C)(C)N(C)C1(C)C. The molecule has 2 heterocycles. The Hall–Kier alpha value is -0.410. The average molecular weight is 507 g/mol. The highest BCUT2D eigenvalue weighted by Gasteiger charge is 2.47. The summed E-state index contributed by atoms with van der Waals surface area (Å²) < 4.78 is 0. The normalized spacial score (nSPS) is 21.6. The van der Waals surface area contributed by atoms with Crippen LogP contribution < -0.4 is 5.32 Å². The van der Waals surface area contributed by atoms with Gasteiger partial charge in [0.15, 0.2) is 0 Å². The van der Waals surface area contributed by atoms with Gasteiger partial charge in [-0.2, -0.15) is 0 Å². The first-order valence-electron chi connectivity index (χ1n) is 16.2. The van der Waals surface area contributed by atoms with Gasteiger partial charge in [-0.15, -0.1) is 0 Å². The first-order valence-corrected chi connectivity index (χ1v) is 16.2. The largest absolute Gasteiger partial charge is 0.317 e. The minimum atomic E-state index is -0.0195. The van der Waals surface area contributed by atoms with Crippen LogP contribution in [0.3, 0.4) is 0 Å². The molecule has 0 aromatic carbocycles. The maximum Gasteiger partial charge on any atom is 0.137 e. The first kappa shape index (κ1) is 33.6. The molecule has 2 fully saturated rings. The van der Waals surface area contributed by atoms with Crippen LogP contribution in [-0.2, 0) is 4.79 Å². The molecule has 0 bridgehead atoms. The Balaban J connectivity index is 0.000000936. The van der Waals surface area contributed by atoms with Gasteiger partial charge in [-0.1, -0.05) is 103 Å². The van der Waals surface area contributed by atoms with Crippen molar-refractivity contribution in [3.05, 3.63) is 0 Å². The number of unbranched alkanes of at least 4 members (excludes halogenated alkanes) is 14. The van der Waals surface area contributed by atoms with Gasteiger partial charge in [0.2, 0.25) is 0 Å². The predicted octanol–water partition coefficient (Wildman–Crippen LogP) is 9.48. The molecule has 1 N–H and O–H groups in total. The van der Waals surface area contributed by atoms with Gasteiger partial charge >= 0.3 is 0 Å². The van der Waals surface area contributed by atoms with Gasteiger partial charge in [-0.05, 0) is 79.9 Å². The van der Waals surface area contributed by atoms with Crippen molar-refractivity contribution in [1.82, 2.24) is 10.2 Å². The van der Waals surface area contributed by atoms with E-state index in [2.05, 4.69) is 51.9 Å². The van der Waals surface area contributed by atoms with Gasteiger partial charge in [0.1, 0.15) is 5.78 Å². The number of piperidine rings is 2. The molecule has 0 aromatic rings. The Morgan fingerprint density at radius 1 is 0.722 bits per heavy atom. The number of ketones is 1. The molecule has 3 heteroatoms. The number of carbonyl (C=O) groups is 1. The number of Topliss-reactive ketones (excluding diaryl/α,β-unsaturated/α-hetero) is 1. The molecule has 1 unspecified atom stereocenters. The van der Waals surface area contributed by atoms with Crippen molar-refractivity contribution in [2.45, 2.75) is 181 Å². The number of rotatable bonds is 17. The van der Waals surface area contributed by atoms with E-state index in [0.717, 1.165) is 25.7 Å². The zero-order valence-corrected chi connectivity index (χ0v) is 25.7. The first-order chi connectivity index (χ1) is 17.2. The van der Waals surface area contributed by atoms with Gasteiger partial charge in [-0.3, -0.25) is 9.69 Å². The Bertz CT molecular complexity index is 526. The topological polar surface area (TPSA) is 32.3 Å². The molecule has 0 aromatic heterocycles. The van der Waals surface area contributed by atoms with Crippen LogP contribution in [0.4, 0.5) is 0 Å². The Morgan fingerprint density at radius 2 is 1.17 bits per heavy atom. The molecule has 0 amide bonds. The summed E-state index contributed by atoms with van der Waals surface area (Å²) in [6, 6.07) is 0. The lowest BCUT2D eigenvalue weighted by Gasteiger charge is -2.54. The molecule has 0 spiro atoms. The number of nitrogens with zero attached hydrogens (tertiary/aromatic N) is 1. The van der Waals surface area contributed by atoms with Crippen LogP contribution in [0, 0.1) is 5.92 Å². The predicted molar refractivity (Wildman–Crippen MR) is 160 cm³/mol. The average Bonchev–Trinajstić information content (AvgIpc) is 2.86. The second-order valence-electron chi connectivity index (χ2n) is 13.1. The van der Waals surface area contributed by atoms with Gasteiger partial charge in [0.25, 0.3) is 0 Å². The third kappa shape index (κ3) is 13.9.